The normalized spacial score (nSPS) is 11.2. The zero-order chi connectivity index (χ0) is 13.1. The van der Waals surface area contributed by atoms with Crippen molar-refractivity contribution in [3.05, 3.63) is 52.8 Å². The molecule has 0 aliphatic rings. The highest BCUT2D eigenvalue weighted by Crippen LogP contribution is 2.14. The second-order valence-electron chi connectivity index (χ2n) is 5.16. The molecule has 96 valence electrons. The van der Waals surface area contributed by atoms with Gasteiger partial charge in [0.25, 0.3) is 0 Å². The van der Waals surface area contributed by atoms with Crippen LogP contribution in [0.1, 0.15) is 49.3 Å². The van der Waals surface area contributed by atoms with E-state index in [1.54, 1.807) is 0 Å². The Morgan fingerprint density at radius 1 is 1.11 bits per heavy atom. The van der Waals surface area contributed by atoms with Gasteiger partial charge in [-0.25, -0.2) is 0 Å². The lowest BCUT2D eigenvalue weighted by Crippen LogP contribution is -2.05. The summed E-state index contributed by atoms with van der Waals surface area (Å²) in [6.07, 6.45) is 2.02. The van der Waals surface area contributed by atoms with Crippen molar-refractivity contribution in [2.24, 2.45) is 0 Å². The molecule has 0 bridgehead atoms. The fourth-order valence-electron chi connectivity index (χ4n) is 2.26. The minimum Gasteiger partial charge on any atom is -0.267 e. The number of aryl methyl sites for hydroxylation is 2. The van der Waals surface area contributed by atoms with Crippen LogP contribution in [0.25, 0.3) is 0 Å². The number of rotatable bonds is 4. The Morgan fingerprint density at radius 2 is 1.72 bits per heavy atom. The minimum absolute atomic E-state index is 0.432. The Kier molecular flexibility index (Phi) is 3.85. The molecule has 1 aromatic carbocycles. The molecule has 1 heterocycles. The molecule has 0 aliphatic heterocycles. The van der Waals surface area contributed by atoms with Crippen LogP contribution in [0.4, 0.5) is 0 Å². The van der Waals surface area contributed by atoms with Gasteiger partial charge in [0.05, 0.1) is 5.69 Å². The molecule has 0 atom stereocenters. The van der Waals surface area contributed by atoms with Gasteiger partial charge in [-0.3, -0.25) is 4.68 Å². The number of aromatic nitrogens is 2. The van der Waals surface area contributed by atoms with Crippen LogP contribution in [-0.4, -0.2) is 9.78 Å². The van der Waals surface area contributed by atoms with Gasteiger partial charge in [0.1, 0.15) is 0 Å². The molecular formula is C16H22N2. The van der Waals surface area contributed by atoms with Crippen LogP contribution in [0, 0.1) is 6.92 Å². The number of nitrogens with zero attached hydrogens (tertiary/aromatic N) is 2. The van der Waals surface area contributed by atoms with E-state index in [2.05, 4.69) is 67.8 Å². The average Bonchev–Trinajstić information content (AvgIpc) is 2.71. The first kappa shape index (κ1) is 12.9. The molecule has 0 saturated heterocycles. The Balaban J connectivity index is 2.15. The summed E-state index contributed by atoms with van der Waals surface area (Å²) in [7, 11) is 0. The van der Waals surface area contributed by atoms with Crippen molar-refractivity contribution < 1.29 is 0 Å². The van der Waals surface area contributed by atoms with Crippen LogP contribution >= 0.6 is 0 Å². The predicted octanol–water partition coefficient (Wildman–Crippen LogP) is 3.93. The van der Waals surface area contributed by atoms with Crippen molar-refractivity contribution in [2.45, 2.75) is 46.6 Å². The third-order valence-electron chi connectivity index (χ3n) is 3.28. The maximum Gasteiger partial charge on any atom is 0.0671 e. The summed E-state index contributed by atoms with van der Waals surface area (Å²) in [5, 5.41) is 4.66. The van der Waals surface area contributed by atoms with Crippen molar-refractivity contribution in [1.29, 1.82) is 0 Å². The van der Waals surface area contributed by atoms with E-state index in [1.165, 1.54) is 16.8 Å². The van der Waals surface area contributed by atoms with E-state index >= 15 is 0 Å². The molecule has 0 spiro atoms. The standard InChI is InChI=1S/C16H22N2/c1-5-14-6-8-15(9-7-14)11-16-10-13(4)18(17-16)12(2)3/h6-10,12H,5,11H2,1-4H3. The maximum absolute atomic E-state index is 4.66. The van der Waals surface area contributed by atoms with Crippen LogP contribution < -0.4 is 0 Å². The summed E-state index contributed by atoms with van der Waals surface area (Å²) >= 11 is 0. The second-order valence-corrected chi connectivity index (χ2v) is 5.16. The largest absolute Gasteiger partial charge is 0.267 e. The summed E-state index contributed by atoms with van der Waals surface area (Å²) < 4.78 is 2.09. The first-order valence-electron chi connectivity index (χ1n) is 6.73. The molecule has 0 aliphatic carbocycles. The molecule has 0 amide bonds. The Hall–Kier alpha value is -1.57. The molecule has 2 nitrogen and oxygen atoms in total. The lowest BCUT2D eigenvalue weighted by Gasteiger charge is -2.07. The monoisotopic (exact) mass is 242 g/mol. The zero-order valence-corrected chi connectivity index (χ0v) is 11.8. The van der Waals surface area contributed by atoms with Gasteiger partial charge in [-0.1, -0.05) is 31.2 Å². The fraction of sp³-hybridized carbons (Fsp3) is 0.438. The van der Waals surface area contributed by atoms with Gasteiger partial charge in [0.2, 0.25) is 0 Å². The van der Waals surface area contributed by atoms with Gasteiger partial charge < -0.3 is 0 Å². The first-order valence-corrected chi connectivity index (χ1v) is 6.73. The van der Waals surface area contributed by atoms with Gasteiger partial charge >= 0.3 is 0 Å². The van der Waals surface area contributed by atoms with Crippen molar-refractivity contribution in [3.8, 4) is 0 Å². The minimum atomic E-state index is 0.432. The molecule has 0 saturated carbocycles. The van der Waals surface area contributed by atoms with E-state index in [1.807, 2.05) is 0 Å². The van der Waals surface area contributed by atoms with Gasteiger partial charge in [-0.15, -0.1) is 0 Å². The zero-order valence-electron chi connectivity index (χ0n) is 11.8. The Labute approximate surface area is 110 Å². The van der Waals surface area contributed by atoms with Crippen molar-refractivity contribution in [2.75, 3.05) is 0 Å². The molecule has 2 heteroatoms. The van der Waals surface area contributed by atoms with E-state index in [-0.39, 0.29) is 0 Å². The second kappa shape index (κ2) is 5.38. The van der Waals surface area contributed by atoms with Crippen LogP contribution in [-0.2, 0) is 12.8 Å². The number of benzene rings is 1. The third-order valence-corrected chi connectivity index (χ3v) is 3.28. The van der Waals surface area contributed by atoms with E-state index in [9.17, 15) is 0 Å². The van der Waals surface area contributed by atoms with Gasteiger partial charge in [-0.2, -0.15) is 5.10 Å². The highest BCUT2D eigenvalue weighted by atomic mass is 15.3. The molecule has 0 unspecified atom stereocenters. The summed E-state index contributed by atoms with van der Waals surface area (Å²) in [5.41, 5.74) is 5.12. The van der Waals surface area contributed by atoms with E-state index in [4.69, 9.17) is 0 Å². The van der Waals surface area contributed by atoms with Gasteiger partial charge in [0, 0.05) is 18.2 Å². The summed E-state index contributed by atoms with van der Waals surface area (Å²) in [5.74, 6) is 0. The summed E-state index contributed by atoms with van der Waals surface area (Å²) in [6.45, 7) is 8.64. The Morgan fingerprint density at radius 3 is 2.22 bits per heavy atom. The van der Waals surface area contributed by atoms with Gasteiger partial charge in [0.15, 0.2) is 0 Å². The molecule has 0 radical (unpaired) electrons. The first-order chi connectivity index (χ1) is 8.60. The van der Waals surface area contributed by atoms with Crippen molar-refractivity contribution in [3.63, 3.8) is 0 Å². The van der Waals surface area contributed by atoms with Crippen molar-refractivity contribution >= 4 is 0 Å². The third kappa shape index (κ3) is 2.81. The SMILES string of the molecule is CCc1ccc(Cc2cc(C)n(C(C)C)n2)cc1. The average molecular weight is 242 g/mol. The quantitative estimate of drug-likeness (QED) is 0.794. The highest BCUT2D eigenvalue weighted by Gasteiger charge is 2.07. The summed E-state index contributed by atoms with van der Waals surface area (Å²) in [6, 6.07) is 11.5. The van der Waals surface area contributed by atoms with Crippen LogP contribution in [0.3, 0.4) is 0 Å². The van der Waals surface area contributed by atoms with E-state index in [0.717, 1.165) is 18.5 Å². The molecule has 2 rings (SSSR count). The highest BCUT2D eigenvalue weighted by molar-refractivity contribution is 5.26. The summed E-state index contributed by atoms with van der Waals surface area (Å²) in [4.78, 5) is 0. The molecular weight excluding hydrogens is 220 g/mol. The molecule has 1 aromatic heterocycles. The van der Waals surface area contributed by atoms with E-state index in [0.29, 0.717) is 6.04 Å². The van der Waals surface area contributed by atoms with Crippen LogP contribution in [0.2, 0.25) is 0 Å². The predicted molar refractivity (Wildman–Crippen MR) is 76.0 cm³/mol. The fourth-order valence-corrected chi connectivity index (χ4v) is 2.26. The molecule has 2 aromatic rings. The number of hydrogen-bond acceptors (Lipinski definition) is 1. The smallest absolute Gasteiger partial charge is 0.0671 e. The lowest BCUT2D eigenvalue weighted by atomic mass is 10.1. The lowest BCUT2D eigenvalue weighted by molar-refractivity contribution is 0.515. The topological polar surface area (TPSA) is 17.8 Å². The Bertz CT molecular complexity index is 506. The van der Waals surface area contributed by atoms with Crippen molar-refractivity contribution in [1.82, 2.24) is 9.78 Å². The van der Waals surface area contributed by atoms with Gasteiger partial charge in [-0.05, 0) is 44.4 Å². The maximum atomic E-state index is 4.66. The molecule has 18 heavy (non-hydrogen) atoms. The number of hydrogen-bond donors (Lipinski definition) is 0. The molecule has 0 N–H and O–H groups in total. The molecule has 0 fully saturated rings. The van der Waals surface area contributed by atoms with E-state index < -0.39 is 0 Å². The van der Waals surface area contributed by atoms with Crippen LogP contribution in [0.15, 0.2) is 30.3 Å². The van der Waals surface area contributed by atoms with Crippen LogP contribution in [0.5, 0.6) is 0 Å².